The quantitative estimate of drug-likeness (QED) is 0.601. The van der Waals surface area contributed by atoms with E-state index in [0.717, 1.165) is 42.2 Å². The lowest BCUT2D eigenvalue weighted by Gasteiger charge is -2.20. The number of nitrogens with one attached hydrogen (secondary N) is 2. The van der Waals surface area contributed by atoms with Crippen LogP contribution in [0.3, 0.4) is 0 Å². The number of ether oxygens (including phenoxy) is 1. The van der Waals surface area contributed by atoms with E-state index >= 15 is 0 Å². The third-order valence-corrected chi connectivity index (χ3v) is 6.00. The first-order valence-electron chi connectivity index (χ1n) is 10.7. The summed E-state index contributed by atoms with van der Waals surface area (Å²) in [6, 6.07) is 11.0. The van der Waals surface area contributed by atoms with Gasteiger partial charge in [-0.15, -0.1) is 0 Å². The van der Waals surface area contributed by atoms with E-state index in [4.69, 9.17) is 4.74 Å². The average molecular weight is 406 g/mol. The lowest BCUT2D eigenvalue weighted by Crippen LogP contribution is -2.28. The monoisotopic (exact) mass is 405 g/mol. The molecule has 0 radical (unpaired) electrons. The van der Waals surface area contributed by atoms with Gasteiger partial charge in [-0.3, -0.25) is 5.10 Å². The molecule has 1 aliphatic heterocycles. The highest BCUT2D eigenvalue weighted by Crippen LogP contribution is 2.34. The number of aryl methyl sites for hydroxylation is 1. The Labute approximate surface area is 178 Å². The molecule has 0 aliphatic carbocycles. The molecule has 4 rings (SSSR count). The summed E-state index contributed by atoms with van der Waals surface area (Å²) in [5.41, 5.74) is 5.83. The normalized spacial score (nSPS) is 16.9. The molecule has 0 unspecified atom stereocenters. The Kier molecular flexibility index (Phi) is 6.04. The molecule has 6 heteroatoms. The molecule has 2 N–H and O–H groups in total. The van der Waals surface area contributed by atoms with Gasteiger partial charge in [-0.1, -0.05) is 12.1 Å². The van der Waals surface area contributed by atoms with Gasteiger partial charge in [0.2, 0.25) is 0 Å². The van der Waals surface area contributed by atoms with Crippen LogP contribution in [0.5, 0.6) is 5.75 Å². The van der Waals surface area contributed by atoms with Gasteiger partial charge in [0.05, 0.1) is 13.3 Å². The van der Waals surface area contributed by atoms with Gasteiger partial charge in [0.1, 0.15) is 11.6 Å². The van der Waals surface area contributed by atoms with Crippen LogP contribution in [0.1, 0.15) is 43.0 Å². The Balaban J connectivity index is 1.51. The van der Waals surface area contributed by atoms with E-state index in [2.05, 4.69) is 76.5 Å². The third-order valence-electron chi connectivity index (χ3n) is 6.00. The second-order valence-electron chi connectivity index (χ2n) is 8.37. The number of aromatic nitrogens is 3. The van der Waals surface area contributed by atoms with Gasteiger partial charge in [-0.05, 0) is 63.1 Å². The number of hydrogen-bond acceptors (Lipinski definition) is 5. The Hall–Kier alpha value is -2.86. The van der Waals surface area contributed by atoms with Crippen molar-refractivity contribution in [2.24, 2.45) is 0 Å². The second kappa shape index (κ2) is 8.88. The summed E-state index contributed by atoms with van der Waals surface area (Å²) < 4.78 is 5.52. The highest BCUT2D eigenvalue weighted by atomic mass is 16.5. The first-order chi connectivity index (χ1) is 14.5. The van der Waals surface area contributed by atoms with Crippen LogP contribution in [0.15, 0.2) is 42.7 Å². The first-order valence-corrected chi connectivity index (χ1v) is 10.7. The number of likely N-dealkylation sites (tertiary alicyclic amines) is 1. The zero-order valence-corrected chi connectivity index (χ0v) is 18.3. The van der Waals surface area contributed by atoms with Crippen molar-refractivity contribution in [3.8, 4) is 16.9 Å². The minimum Gasteiger partial charge on any atom is -0.496 e. The van der Waals surface area contributed by atoms with E-state index in [1.54, 1.807) is 7.11 Å². The van der Waals surface area contributed by atoms with Crippen molar-refractivity contribution >= 4 is 5.82 Å². The van der Waals surface area contributed by atoms with Crippen LogP contribution in [0, 0.1) is 6.92 Å². The molecule has 1 saturated heterocycles. The van der Waals surface area contributed by atoms with Gasteiger partial charge in [0, 0.05) is 48.1 Å². The predicted molar refractivity (Wildman–Crippen MR) is 121 cm³/mol. The number of aromatic amines is 1. The molecule has 0 spiro atoms. The largest absolute Gasteiger partial charge is 0.496 e. The van der Waals surface area contributed by atoms with Crippen molar-refractivity contribution in [1.29, 1.82) is 0 Å². The highest BCUT2D eigenvalue weighted by Gasteiger charge is 2.28. The van der Waals surface area contributed by atoms with Crippen molar-refractivity contribution in [2.75, 3.05) is 25.5 Å². The van der Waals surface area contributed by atoms with Gasteiger partial charge in [-0.25, -0.2) is 4.98 Å². The Morgan fingerprint density at radius 1 is 1.27 bits per heavy atom. The molecule has 2 aromatic heterocycles. The van der Waals surface area contributed by atoms with E-state index in [1.807, 2.05) is 12.4 Å². The molecule has 1 aliphatic rings. The summed E-state index contributed by atoms with van der Waals surface area (Å²) in [5.74, 6) is 2.23. The summed E-state index contributed by atoms with van der Waals surface area (Å²) in [6.07, 6.45) is 4.96. The zero-order chi connectivity index (χ0) is 21.1. The van der Waals surface area contributed by atoms with Crippen LogP contribution in [0.2, 0.25) is 0 Å². The number of anilines is 1. The molecule has 0 saturated carbocycles. The maximum absolute atomic E-state index is 5.52. The lowest BCUT2D eigenvalue weighted by atomic mass is 9.97. The maximum Gasteiger partial charge on any atom is 0.126 e. The third kappa shape index (κ3) is 4.33. The number of H-pyrrole nitrogens is 1. The summed E-state index contributed by atoms with van der Waals surface area (Å²) in [7, 11) is 1.71. The van der Waals surface area contributed by atoms with Crippen LogP contribution in [-0.2, 0) is 6.54 Å². The molecule has 30 heavy (non-hydrogen) atoms. The minimum absolute atomic E-state index is 0.492. The highest BCUT2D eigenvalue weighted by molar-refractivity contribution is 5.68. The fraction of sp³-hybridized carbons (Fsp3) is 0.417. The topological polar surface area (TPSA) is 66.1 Å². The predicted octanol–water partition coefficient (Wildman–Crippen LogP) is 4.60. The van der Waals surface area contributed by atoms with E-state index in [1.165, 1.54) is 16.8 Å². The standard InChI is InChI=1S/C24H31N5O/c1-16(2)29-10-8-20(15-29)24-21(14-27-28-24)18-7-9-25-23(12-18)26-13-19-6-5-17(3)11-22(19)30-4/h5-7,9,11-12,14,16,20H,8,10,13,15H2,1-4H3,(H,25,26)(H,27,28)/t20-/m1/s1. The first kappa shape index (κ1) is 20.4. The fourth-order valence-electron chi connectivity index (χ4n) is 4.21. The molecule has 1 aromatic carbocycles. The van der Waals surface area contributed by atoms with Crippen molar-refractivity contribution in [1.82, 2.24) is 20.1 Å². The Bertz CT molecular complexity index is 997. The zero-order valence-electron chi connectivity index (χ0n) is 18.3. The number of methoxy groups -OCH3 is 1. The molecule has 0 bridgehead atoms. The summed E-state index contributed by atoms with van der Waals surface area (Å²) in [6.45, 7) is 9.47. The molecular formula is C24H31N5O. The van der Waals surface area contributed by atoms with Gasteiger partial charge in [0.25, 0.3) is 0 Å². The maximum atomic E-state index is 5.52. The van der Waals surface area contributed by atoms with Crippen molar-refractivity contribution < 1.29 is 4.74 Å². The van der Waals surface area contributed by atoms with E-state index < -0.39 is 0 Å². The lowest BCUT2D eigenvalue weighted by molar-refractivity contribution is 0.272. The molecule has 1 atom stereocenters. The van der Waals surface area contributed by atoms with E-state index in [9.17, 15) is 0 Å². The van der Waals surface area contributed by atoms with Crippen molar-refractivity contribution in [3.63, 3.8) is 0 Å². The molecular weight excluding hydrogens is 374 g/mol. The van der Waals surface area contributed by atoms with Crippen LogP contribution < -0.4 is 10.1 Å². The van der Waals surface area contributed by atoms with Gasteiger partial charge < -0.3 is 15.0 Å². The number of nitrogens with zero attached hydrogens (tertiary/aromatic N) is 3. The van der Waals surface area contributed by atoms with Gasteiger partial charge in [0.15, 0.2) is 0 Å². The summed E-state index contributed by atoms with van der Waals surface area (Å²) >= 11 is 0. The molecule has 3 aromatic rings. The molecule has 1 fully saturated rings. The number of benzene rings is 1. The molecule has 3 heterocycles. The minimum atomic E-state index is 0.492. The van der Waals surface area contributed by atoms with Crippen molar-refractivity contribution in [2.45, 2.75) is 45.7 Å². The number of rotatable bonds is 7. The summed E-state index contributed by atoms with van der Waals surface area (Å²) in [4.78, 5) is 7.04. The summed E-state index contributed by atoms with van der Waals surface area (Å²) in [5, 5.41) is 11.1. The van der Waals surface area contributed by atoms with Crippen LogP contribution in [0.25, 0.3) is 11.1 Å². The Morgan fingerprint density at radius 3 is 2.90 bits per heavy atom. The smallest absolute Gasteiger partial charge is 0.126 e. The van der Waals surface area contributed by atoms with Crippen LogP contribution >= 0.6 is 0 Å². The molecule has 0 amide bonds. The molecule has 158 valence electrons. The van der Waals surface area contributed by atoms with Crippen LogP contribution in [0.4, 0.5) is 5.82 Å². The van der Waals surface area contributed by atoms with Crippen LogP contribution in [-0.4, -0.2) is 46.3 Å². The number of hydrogen-bond donors (Lipinski definition) is 2. The van der Waals surface area contributed by atoms with E-state index in [0.29, 0.717) is 18.5 Å². The Morgan fingerprint density at radius 2 is 2.13 bits per heavy atom. The van der Waals surface area contributed by atoms with Gasteiger partial charge in [-0.2, -0.15) is 5.10 Å². The van der Waals surface area contributed by atoms with Gasteiger partial charge >= 0.3 is 0 Å². The fourth-order valence-corrected chi connectivity index (χ4v) is 4.21. The molecule has 6 nitrogen and oxygen atoms in total. The van der Waals surface area contributed by atoms with E-state index in [-0.39, 0.29) is 0 Å². The van der Waals surface area contributed by atoms with Crippen molar-refractivity contribution in [3.05, 3.63) is 59.5 Å². The second-order valence-corrected chi connectivity index (χ2v) is 8.37. The average Bonchev–Trinajstić information content (AvgIpc) is 3.42. The SMILES string of the molecule is COc1cc(C)ccc1CNc1cc(-c2cn[nH]c2[C@@H]2CCN(C(C)C)C2)ccn1. The number of pyridine rings is 1.